The summed E-state index contributed by atoms with van der Waals surface area (Å²) in [4.78, 5) is 0. The van der Waals surface area contributed by atoms with Gasteiger partial charge in [-0.05, 0) is 31.6 Å². The molecule has 1 rings (SSSR count). The molecule has 4 nitrogen and oxygen atoms in total. The molecule has 1 atom stereocenters. The average Bonchev–Trinajstić information content (AvgIpc) is 2.29. The first-order valence-corrected chi connectivity index (χ1v) is 6.66. The summed E-state index contributed by atoms with van der Waals surface area (Å²) in [6.07, 6.45) is 5.71. The first-order chi connectivity index (χ1) is 7.33. The van der Waals surface area contributed by atoms with Crippen LogP contribution in [-0.4, -0.2) is 35.1 Å². The van der Waals surface area contributed by atoms with Crippen LogP contribution in [-0.2, 0) is 0 Å². The van der Waals surface area contributed by atoms with Crippen LogP contribution in [0.3, 0.4) is 0 Å². The first-order valence-electron chi connectivity index (χ1n) is 5.61. The minimum absolute atomic E-state index is 0.323. The van der Waals surface area contributed by atoms with E-state index in [0.717, 1.165) is 24.8 Å². The summed E-state index contributed by atoms with van der Waals surface area (Å²) in [5, 5.41) is 15.5. The third kappa shape index (κ3) is 5.89. The van der Waals surface area contributed by atoms with Crippen molar-refractivity contribution in [3.63, 3.8) is 0 Å². The van der Waals surface area contributed by atoms with Gasteiger partial charge in [-0.25, -0.2) is 0 Å². The number of oxime groups is 1. The van der Waals surface area contributed by atoms with Crippen molar-refractivity contribution in [3.8, 4) is 0 Å². The molecule has 0 bridgehead atoms. The third-order valence-corrected chi connectivity index (χ3v) is 3.96. The summed E-state index contributed by atoms with van der Waals surface area (Å²) >= 11 is 2.08. The highest BCUT2D eigenvalue weighted by atomic mass is 32.2. The van der Waals surface area contributed by atoms with Crippen molar-refractivity contribution >= 4 is 17.6 Å². The molecule has 1 saturated heterocycles. The van der Waals surface area contributed by atoms with Gasteiger partial charge in [0, 0.05) is 18.2 Å². The second-order valence-corrected chi connectivity index (χ2v) is 5.30. The second kappa shape index (κ2) is 7.82. The van der Waals surface area contributed by atoms with Gasteiger partial charge < -0.3 is 16.3 Å². The maximum atomic E-state index is 8.33. The lowest BCUT2D eigenvalue weighted by molar-refractivity contribution is 0.316. The van der Waals surface area contributed by atoms with Crippen LogP contribution in [0.2, 0.25) is 0 Å². The molecule has 4 N–H and O–H groups in total. The molecule has 15 heavy (non-hydrogen) atoms. The third-order valence-electron chi connectivity index (χ3n) is 2.56. The molecule has 1 aliphatic rings. The fourth-order valence-electron chi connectivity index (χ4n) is 1.68. The maximum Gasteiger partial charge on any atom is 0.139 e. The van der Waals surface area contributed by atoms with Gasteiger partial charge in [0.1, 0.15) is 5.84 Å². The molecule has 0 saturated carbocycles. The normalized spacial score (nSPS) is 22.9. The van der Waals surface area contributed by atoms with Crippen LogP contribution in [0.25, 0.3) is 0 Å². The Morgan fingerprint density at radius 2 is 2.40 bits per heavy atom. The Morgan fingerprint density at radius 3 is 3.07 bits per heavy atom. The van der Waals surface area contributed by atoms with Gasteiger partial charge in [-0.15, -0.1) is 0 Å². The molecule has 0 spiro atoms. The van der Waals surface area contributed by atoms with Gasteiger partial charge in [-0.1, -0.05) is 11.6 Å². The van der Waals surface area contributed by atoms with Crippen molar-refractivity contribution in [2.24, 2.45) is 10.9 Å². The second-order valence-electron chi connectivity index (χ2n) is 3.89. The molecule has 0 aromatic carbocycles. The van der Waals surface area contributed by atoms with Gasteiger partial charge in [-0.3, -0.25) is 0 Å². The number of hydrogen-bond donors (Lipinski definition) is 3. The minimum Gasteiger partial charge on any atom is -0.409 e. The molecule has 1 aliphatic heterocycles. The van der Waals surface area contributed by atoms with Gasteiger partial charge in [0.2, 0.25) is 0 Å². The summed E-state index contributed by atoms with van der Waals surface area (Å²) in [6.45, 7) is 2.05. The standard InChI is InChI=1S/C10H21N3OS/c11-10(13-14)5-3-6-12-8-9-4-1-2-7-15-9/h9,12,14H,1-8H2,(H2,11,13). The number of amidine groups is 1. The monoisotopic (exact) mass is 231 g/mol. The molecule has 0 aromatic rings. The molecule has 0 aliphatic carbocycles. The number of nitrogens with zero attached hydrogens (tertiary/aromatic N) is 1. The first kappa shape index (κ1) is 12.6. The Balaban J connectivity index is 1.92. The lowest BCUT2D eigenvalue weighted by Gasteiger charge is -2.21. The molecule has 1 unspecified atom stereocenters. The molecule has 1 fully saturated rings. The summed E-state index contributed by atoms with van der Waals surface area (Å²) in [5.41, 5.74) is 5.37. The van der Waals surface area contributed by atoms with E-state index in [9.17, 15) is 0 Å². The molecule has 0 aromatic heterocycles. The summed E-state index contributed by atoms with van der Waals surface area (Å²) < 4.78 is 0. The van der Waals surface area contributed by atoms with Crippen molar-refractivity contribution < 1.29 is 5.21 Å². The molecule has 0 radical (unpaired) electrons. The fraction of sp³-hybridized carbons (Fsp3) is 0.900. The summed E-state index contributed by atoms with van der Waals surface area (Å²) in [6, 6.07) is 0. The zero-order chi connectivity index (χ0) is 10.9. The van der Waals surface area contributed by atoms with Crippen molar-refractivity contribution in [1.82, 2.24) is 5.32 Å². The van der Waals surface area contributed by atoms with E-state index in [4.69, 9.17) is 10.9 Å². The number of thioether (sulfide) groups is 1. The van der Waals surface area contributed by atoms with Gasteiger partial charge in [0.15, 0.2) is 0 Å². The Labute approximate surface area is 95.7 Å². The molecule has 1 heterocycles. The van der Waals surface area contributed by atoms with Gasteiger partial charge in [0.25, 0.3) is 0 Å². The van der Waals surface area contributed by atoms with Gasteiger partial charge in [0.05, 0.1) is 0 Å². The summed E-state index contributed by atoms with van der Waals surface area (Å²) in [5.74, 6) is 1.64. The van der Waals surface area contributed by atoms with Crippen molar-refractivity contribution in [2.45, 2.75) is 37.4 Å². The van der Waals surface area contributed by atoms with Crippen LogP contribution >= 0.6 is 11.8 Å². The van der Waals surface area contributed by atoms with Crippen molar-refractivity contribution in [2.75, 3.05) is 18.8 Å². The average molecular weight is 231 g/mol. The predicted octanol–water partition coefficient (Wildman–Crippen LogP) is 1.39. The van der Waals surface area contributed by atoms with Crippen LogP contribution in [0.4, 0.5) is 0 Å². The highest BCUT2D eigenvalue weighted by Gasteiger charge is 2.12. The Morgan fingerprint density at radius 1 is 1.53 bits per heavy atom. The molecular formula is C10H21N3OS. The molecular weight excluding hydrogens is 210 g/mol. The number of rotatable bonds is 6. The van der Waals surface area contributed by atoms with E-state index < -0.39 is 0 Å². The SMILES string of the molecule is NC(CCCNCC1CCCCS1)=NO. The molecule has 0 amide bonds. The lowest BCUT2D eigenvalue weighted by Crippen LogP contribution is -2.28. The van der Waals surface area contributed by atoms with Gasteiger partial charge in [-0.2, -0.15) is 11.8 Å². The Kier molecular flexibility index (Phi) is 6.59. The highest BCUT2D eigenvalue weighted by Crippen LogP contribution is 2.24. The van der Waals surface area contributed by atoms with Gasteiger partial charge >= 0.3 is 0 Å². The van der Waals surface area contributed by atoms with E-state index >= 15 is 0 Å². The largest absolute Gasteiger partial charge is 0.409 e. The van der Waals surface area contributed by atoms with Crippen LogP contribution in [0.1, 0.15) is 32.1 Å². The highest BCUT2D eigenvalue weighted by molar-refractivity contribution is 7.99. The van der Waals surface area contributed by atoms with E-state index in [-0.39, 0.29) is 0 Å². The number of hydrogen-bond acceptors (Lipinski definition) is 4. The number of nitrogens with one attached hydrogen (secondary N) is 1. The van der Waals surface area contributed by atoms with E-state index in [1.54, 1.807) is 0 Å². The Bertz CT molecular complexity index is 193. The van der Waals surface area contributed by atoms with E-state index in [1.807, 2.05) is 0 Å². The van der Waals surface area contributed by atoms with Crippen molar-refractivity contribution in [1.29, 1.82) is 0 Å². The van der Waals surface area contributed by atoms with Crippen LogP contribution in [0.15, 0.2) is 5.16 Å². The quantitative estimate of drug-likeness (QED) is 0.212. The predicted molar refractivity (Wildman–Crippen MR) is 65.6 cm³/mol. The topological polar surface area (TPSA) is 70.6 Å². The smallest absolute Gasteiger partial charge is 0.139 e. The van der Waals surface area contributed by atoms with E-state index in [0.29, 0.717) is 12.3 Å². The van der Waals surface area contributed by atoms with Crippen LogP contribution in [0.5, 0.6) is 0 Å². The van der Waals surface area contributed by atoms with E-state index in [2.05, 4.69) is 22.2 Å². The summed E-state index contributed by atoms with van der Waals surface area (Å²) in [7, 11) is 0. The number of nitrogens with two attached hydrogens (primary N) is 1. The van der Waals surface area contributed by atoms with Crippen LogP contribution in [0, 0.1) is 0 Å². The lowest BCUT2D eigenvalue weighted by atomic mass is 10.2. The maximum absolute atomic E-state index is 8.33. The zero-order valence-electron chi connectivity index (χ0n) is 9.11. The van der Waals surface area contributed by atoms with E-state index in [1.165, 1.54) is 25.0 Å². The van der Waals surface area contributed by atoms with Crippen molar-refractivity contribution in [3.05, 3.63) is 0 Å². The zero-order valence-corrected chi connectivity index (χ0v) is 9.93. The van der Waals surface area contributed by atoms with Crippen LogP contribution < -0.4 is 11.1 Å². The molecule has 88 valence electrons. The fourth-order valence-corrected chi connectivity index (χ4v) is 2.95. The molecule has 5 heteroatoms. The Hall–Kier alpha value is -0.420. The minimum atomic E-state index is 0.323.